The van der Waals surface area contributed by atoms with Crippen LogP contribution in [0.1, 0.15) is 36.0 Å². The van der Waals surface area contributed by atoms with Crippen molar-refractivity contribution in [3.63, 3.8) is 0 Å². The summed E-state index contributed by atoms with van der Waals surface area (Å²) >= 11 is 3.55. The van der Waals surface area contributed by atoms with Crippen molar-refractivity contribution in [1.29, 1.82) is 0 Å². The Kier molecular flexibility index (Phi) is 4.38. The number of amides is 1. The van der Waals surface area contributed by atoms with Gasteiger partial charge in [0.05, 0.1) is 0 Å². The number of benzene rings is 1. The molecule has 0 atom stereocenters. The van der Waals surface area contributed by atoms with Crippen molar-refractivity contribution >= 4 is 21.8 Å². The molecule has 0 bridgehead atoms. The third-order valence-corrected chi connectivity index (χ3v) is 4.87. The molecule has 2 nitrogen and oxygen atoms in total. The third kappa shape index (κ3) is 3.10. The topological polar surface area (TPSA) is 29.1 Å². The van der Waals surface area contributed by atoms with Crippen LogP contribution in [0.25, 0.3) is 0 Å². The van der Waals surface area contributed by atoms with Gasteiger partial charge in [0, 0.05) is 17.4 Å². The second kappa shape index (κ2) is 5.83. The molecule has 2 rings (SSSR count). The Bertz CT molecular complexity index is 412. The van der Waals surface area contributed by atoms with E-state index < -0.39 is 0 Å². The van der Waals surface area contributed by atoms with E-state index in [0.717, 1.165) is 18.2 Å². The zero-order valence-electron chi connectivity index (χ0n) is 10.2. The molecule has 0 radical (unpaired) electrons. The van der Waals surface area contributed by atoms with Crippen LogP contribution in [0.15, 0.2) is 24.3 Å². The van der Waals surface area contributed by atoms with Gasteiger partial charge in [-0.05, 0) is 42.5 Å². The molecule has 98 valence electrons. The molecule has 0 unspecified atom stereocenters. The lowest BCUT2D eigenvalue weighted by molar-refractivity contribution is 0.0935. The van der Waals surface area contributed by atoms with Crippen molar-refractivity contribution in [3.05, 3.63) is 35.6 Å². The highest BCUT2D eigenvalue weighted by Gasteiger charge is 2.32. The molecular weight excluding hydrogens is 297 g/mol. The van der Waals surface area contributed by atoms with E-state index in [-0.39, 0.29) is 17.1 Å². The van der Waals surface area contributed by atoms with E-state index in [1.165, 1.54) is 37.1 Å². The lowest BCUT2D eigenvalue weighted by Crippen LogP contribution is -2.37. The van der Waals surface area contributed by atoms with Crippen LogP contribution in [0.5, 0.6) is 0 Å². The Hall–Kier alpha value is -0.900. The quantitative estimate of drug-likeness (QED) is 0.847. The molecule has 0 aromatic heterocycles. The molecule has 1 aromatic rings. The van der Waals surface area contributed by atoms with Crippen LogP contribution in [0.2, 0.25) is 0 Å². The number of rotatable bonds is 4. The van der Waals surface area contributed by atoms with Crippen LogP contribution in [0.4, 0.5) is 4.39 Å². The standard InChI is InChI=1S/C14H17BrFNO/c15-9-14(7-1-2-8-14)10-17-13(18)11-3-5-12(16)6-4-11/h3-6H,1-2,7-10H2,(H,17,18). The Labute approximate surface area is 115 Å². The zero-order valence-corrected chi connectivity index (χ0v) is 11.8. The number of carbonyl (C=O) groups is 1. The molecule has 1 N–H and O–H groups in total. The van der Waals surface area contributed by atoms with Crippen LogP contribution < -0.4 is 5.32 Å². The first kappa shape index (κ1) is 13.5. The summed E-state index contributed by atoms with van der Waals surface area (Å²) in [5.41, 5.74) is 0.717. The van der Waals surface area contributed by atoms with Gasteiger partial charge in [-0.15, -0.1) is 0 Å². The summed E-state index contributed by atoms with van der Waals surface area (Å²) in [6.45, 7) is 0.689. The van der Waals surface area contributed by atoms with Crippen molar-refractivity contribution in [3.8, 4) is 0 Å². The number of alkyl halides is 1. The van der Waals surface area contributed by atoms with Crippen LogP contribution in [-0.2, 0) is 0 Å². The fraction of sp³-hybridized carbons (Fsp3) is 0.500. The Morgan fingerprint density at radius 1 is 1.28 bits per heavy atom. The maximum absolute atomic E-state index is 12.8. The van der Waals surface area contributed by atoms with E-state index in [2.05, 4.69) is 21.2 Å². The molecule has 1 fully saturated rings. The predicted molar refractivity (Wildman–Crippen MR) is 73.4 cm³/mol. The van der Waals surface area contributed by atoms with Crippen molar-refractivity contribution in [2.45, 2.75) is 25.7 Å². The molecule has 1 aromatic carbocycles. The van der Waals surface area contributed by atoms with Crippen molar-refractivity contribution in [1.82, 2.24) is 5.32 Å². The Balaban J connectivity index is 1.93. The van der Waals surface area contributed by atoms with Crippen molar-refractivity contribution in [2.24, 2.45) is 5.41 Å². The van der Waals surface area contributed by atoms with Crippen LogP contribution in [-0.4, -0.2) is 17.8 Å². The lowest BCUT2D eigenvalue weighted by atomic mass is 9.89. The minimum absolute atomic E-state index is 0.123. The van der Waals surface area contributed by atoms with Gasteiger partial charge in [0.15, 0.2) is 0 Å². The van der Waals surface area contributed by atoms with E-state index in [4.69, 9.17) is 0 Å². The second-order valence-corrected chi connectivity index (χ2v) is 5.59. The summed E-state index contributed by atoms with van der Waals surface area (Å²) in [5, 5.41) is 3.88. The van der Waals surface area contributed by atoms with E-state index >= 15 is 0 Å². The van der Waals surface area contributed by atoms with Gasteiger partial charge in [-0.1, -0.05) is 28.8 Å². The number of carbonyl (C=O) groups excluding carboxylic acids is 1. The second-order valence-electron chi connectivity index (χ2n) is 5.03. The summed E-state index contributed by atoms with van der Waals surface area (Å²) in [7, 11) is 0. The van der Waals surface area contributed by atoms with E-state index in [0.29, 0.717) is 12.1 Å². The molecule has 1 aliphatic rings. The third-order valence-electron chi connectivity index (χ3n) is 3.68. The predicted octanol–water partition coefficient (Wildman–Crippen LogP) is 3.51. The van der Waals surface area contributed by atoms with E-state index in [1.54, 1.807) is 0 Å². The average Bonchev–Trinajstić information content (AvgIpc) is 2.86. The van der Waals surface area contributed by atoms with Crippen LogP contribution >= 0.6 is 15.9 Å². The molecule has 1 aliphatic carbocycles. The monoisotopic (exact) mass is 313 g/mol. The van der Waals surface area contributed by atoms with Gasteiger partial charge in [0.1, 0.15) is 5.82 Å². The Morgan fingerprint density at radius 3 is 2.44 bits per heavy atom. The van der Waals surface area contributed by atoms with Crippen LogP contribution in [0, 0.1) is 11.2 Å². The highest BCUT2D eigenvalue weighted by molar-refractivity contribution is 9.09. The fourth-order valence-electron chi connectivity index (χ4n) is 2.45. The smallest absolute Gasteiger partial charge is 0.251 e. The highest BCUT2D eigenvalue weighted by Crippen LogP contribution is 2.38. The number of halogens is 2. The minimum Gasteiger partial charge on any atom is -0.351 e. The molecule has 0 saturated heterocycles. The fourth-order valence-corrected chi connectivity index (χ4v) is 3.21. The largest absolute Gasteiger partial charge is 0.351 e. The van der Waals surface area contributed by atoms with Crippen LogP contribution in [0.3, 0.4) is 0 Å². The molecule has 0 spiro atoms. The van der Waals surface area contributed by atoms with Crippen molar-refractivity contribution < 1.29 is 9.18 Å². The first-order chi connectivity index (χ1) is 8.65. The van der Waals surface area contributed by atoms with Gasteiger partial charge in [-0.25, -0.2) is 4.39 Å². The summed E-state index contributed by atoms with van der Waals surface area (Å²) in [4.78, 5) is 11.9. The number of nitrogens with one attached hydrogen (secondary N) is 1. The number of hydrogen-bond donors (Lipinski definition) is 1. The molecular formula is C14H17BrFNO. The molecule has 18 heavy (non-hydrogen) atoms. The maximum Gasteiger partial charge on any atom is 0.251 e. The van der Waals surface area contributed by atoms with Crippen molar-refractivity contribution in [2.75, 3.05) is 11.9 Å². The van der Waals surface area contributed by atoms with Gasteiger partial charge >= 0.3 is 0 Å². The minimum atomic E-state index is -0.320. The molecule has 0 heterocycles. The van der Waals surface area contributed by atoms with Gasteiger partial charge in [0.25, 0.3) is 5.91 Å². The summed E-state index contributed by atoms with van der Waals surface area (Å²) < 4.78 is 12.8. The number of hydrogen-bond acceptors (Lipinski definition) is 1. The lowest BCUT2D eigenvalue weighted by Gasteiger charge is -2.26. The van der Waals surface area contributed by atoms with Gasteiger partial charge in [-0.3, -0.25) is 4.79 Å². The normalized spacial score (nSPS) is 17.7. The summed E-state index contributed by atoms with van der Waals surface area (Å²) in [6.07, 6.45) is 4.78. The SMILES string of the molecule is O=C(NCC1(CBr)CCCC1)c1ccc(F)cc1. The zero-order chi connectivity index (χ0) is 13.0. The van der Waals surface area contributed by atoms with E-state index in [9.17, 15) is 9.18 Å². The molecule has 1 saturated carbocycles. The Morgan fingerprint density at radius 2 is 1.89 bits per heavy atom. The van der Waals surface area contributed by atoms with E-state index in [1.807, 2.05) is 0 Å². The first-order valence-corrected chi connectivity index (χ1v) is 7.37. The summed E-state index contributed by atoms with van der Waals surface area (Å²) in [5.74, 6) is -0.443. The summed E-state index contributed by atoms with van der Waals surface area (Å²) in [6, 6.07) is 5.65. The van der Waals surface area contributed by atoms with Gasteiger partial charge < -0.3 is 5.32 Å². The first-order valence-electron chi connectivity index (χ1n) is 6.25. The average molecular weight is 314 g/mol. The molecule has 4 heteroatoms. The highest BCUT2D eigenvalue weighted by atomic mass is 79.9. The molecule has 0 aliphatic heterocycles. The molecule has 1 amide bonds. The maximum atomic E-state index is 12.8. The van der Waals surface area contributed by atoms with Gasteiger partial charge in [-0.2, -0.15) is 0 Å². The van der Waals surface area contributed by atoms with Gasteiger partial charge in [0.2, 0.25) is 0 Å².